The maximum Gasteiger partial charge on any atom is 0.219 e. The Hall–Kier alpha value is -3.48. The van der Waals surface area contributed by atoms with Crippen LogP contribution in [0.3, 0.4) is 0 Å². The molecule has 4 heterocycles. The van der Waals surface area contributed by atoms with Crippen molar-refractivity contribution in [2.24, 2.45) is 0 Å². The predicted molar refractivity (Wildman–Crippen MR) is 122 cm³/mol. The van der Waals surface area contributed by atoms with Crippen LogP contribution in [0.5, 0.6) is 0 Å². The molecule has 4 aromatic rings. The van der Waals surface area contributed by atoms with Crippen molar-refractivity contribution in [3.63, 3.8) is 0 Å². The Morgan fingerprint density at radius 3 is 2.42 bits per heavy atom. The molecule has 1 saturated heterocycles. The maximum atomic E-state index is 10.9. The van der Waals surface area contributed by atoms with Gasteiger partial charge >= 0.3 is 0 Å². The quantitative estimate of drug-likeness (QED) is 0.411. The van der Waals surface area contributed by atoms with Crippen LogP contribution in [-0.4, -0.2) is 64.6 Å². The maximum absolute atomic E-state index is 10.9. The average Bonchev–Trinajstić information content (AvgIpc) is 3.23. The number of aromatic nitrogens is 6. The molecule has 1 aliphatic rings. The van der Waals surface area contributed by atoms with E-state index in [9.17, 15) is 8.76 Å². The van der Waals surface area contributed by atoms with Gasteiger partial charge < -0.3 is 24.5 Å². The minimum Gasteiger partial charge on any atom is -0.772 e. The number of hydrogen-bond acceptors (Lipinski definition) is 10. The van der Waals surface area contributed by atoms with Gasteiger partial charge in [-0.1, -0.05) is 35.3 Å². The van der Waals surface area contributed by atoms with E-state index in [4.69, 9.17) is 20.4 Å². The largest absolute Gasteiger partial charge is 0.772 e. The molecule has 1 aliphatic heterocycles. The van der Waals surface area contributed by atoms with Crippen molar-refractivity contribution in [1.29, 1.82) is 0 Å². The number of anilines is 2. The lowest BCUT2D eigenvalue weighted by Gasteiger charge is -2.28. The van der Waals surface area contributed by atoms with Crippen LogP contribution in [0.25, 0.3) is 22.6 Å². The summed E-state index contributed by atoms with van der Waals surface area (Å²) in [7, 11) is 0. The second-order valence-corrected chi connectivity index (χ2v) is 8.51. The number of nitrogen functional groups attached to an aromatic ring is 1. The predicted octanol–water partition coefficient (Wildman–Crippen LogP) is 1.13. The van der Waals surface area contributed by atoms with Gasteiger partial charge in [0.05, 0.1) is 31.6 Å². The van der Waals surface area contributed by atoms with E-state index in [-0.39, 0.29) is 11.7 Å². The van der Waals surface area contributed by atoms with Gasteiger partial charge in [-0.05, 0) is 11.1 Å². The zero-order valence-electron chi connectivity index (χ0n) is 17.6. The molecule has 12 heteroatoms. The molecule has 11 nitrogen and oxygen atoms in total. The highest BCUT2D eigenvalue weighted by molar-refractivity contribution is 7.78. The van der Waals surface area contributed by atoms with Gasteiger partial charge in [0.15, 0.2) is 22.8 Å². The second kappa shape index (κ2) is 9.17. The Kier molecular flexibility index (Phi) is 5.94. The summed E-state index contributed by atoms with van der Waals surface area (Å²) in [6, 6.07) is 7.45. The molecule has 1 fully saturated rings. The van der Waals surface area contributed by atoms with Gasteiger partial charge in [0.25, 0.3) is 0 Å². The van der Waals surface area contributed by atoms with Gasteiger partial charge in [0, 0.05) is 31.2 Å². The summed E-state index contributed by atoms with van der Waals surface area (Å²) in [5.74, 6) is 1.40. The van der Waals surface area contributed by atoms with Gasteiger partial charge in [0.2, 0.25) is 5.95 Å². The molecule has 170 valence electrons. The normalized spacial score (nSPS) is 15.1. The first kappa shape index (κ1) is 21.4. The molecule has 0 bridgehead atoms. The van der Waals surface area contributed by atoms with Crippen molar-refractivity contribution in [2.75, 3.05) is 36.9 Å². The number of nitrogens with zero attached hydrogens (tertiary/aromatic N) is 7. The molecule has 3 aromatic heterocycles. The molecule has 0 spiro atoms. The third-order valence-corrected chi connectivity index (χ3v) is 5.92. The summed E-state index contributed by atoms with van der Waals surface area (Å²) in [6.45, 7) is 3.17. The van der Waals surface area contributed by atoms with E-state index in [0.29, 0.717) is 55.4 Å². The fraction of sp³-hybridized carbons (Fsp3) is 0.286. The van der Waals surface area contributed by atoms with Crippen LogP contribution in [0, 0.1) is 0 Å². The average molecular weight is 466 g/mol. The van der Waals surface area contributed by atoms with E-state index >= 15 is 0 Å². The first-order valence-electron chi connectivity index (χ1n) is 10.3. The molecule has 1 atom stereocenters. The molecule has 0 aliphatic carbocycles. The number of benzene rings is 1. The summed E-state index contributed by atoms with van der Waals surface area (Å²) < 4.78 is 29.3. The number of ether oxygens (including phenoxy) is 1. The van der Waals surface area contributed by atoms with E-state index < -0.39 is 11.1 Å². The number of hydrogen-bond donors (Lipinski definition) is 1. The Bertz CT molecular complexity index is 1290. The van der Waals surface area contributed by atoms with Crippen molar-refractivity contribution < 1.29 is 13.5 Å². The molecule has 0 saturated carbocycles. The molecule has 1 aromatic carbocycles. The van der Waals surface area contributed by atoms with Crippen LogP contribution >= 0.6 is 0 Å². The van der Waals surface area contributed by atoms with E-state index in [0.717, 1.165) is 16.9 Å². The summed E-state index contributed by atoms with van der Waals surface area (Å²) in [4.78, 5) is 24.5. The number of fused-ring (bicyclic) bond motifs is 1. The van der Waals surface area contributed by atoms with Crippen LogP contribution < -0.4 is 10.6 Å². The Balaban J connectivity index is 1.55. The van der Waals surface area contributed by atoms with E-state index in [1.165, 1.54) is 0 Å². The fourth-order valence-electron chi connectivity index (χ4n) is 3.70. The molecule has 33 heavy (non-hydrogen) atoms. The molecule has 0 radical (unpaired) electrons. The Labute approximate surface area is 192 Å². The van der Waals surface area contributed by atoms with Gasteiger partial charge in [0.1, 0.15) is 0 Å². The third kappa shape index (κ3) is 4.67. The number of imidazole rings is 1. The van der Waals surface area contributed by atoms with Gasteiger partial charge in [-0.2, -0.15) is 0 Å². The molecular formula is C21H21N8O3S-. The fourth-order valence-corrected chi connectivity index (χ4v) is 4.16. The third-order valence-electron chi connectivity index (χ3n) is 5.35. The van der Waals surface area contributed by atoms with Crippen LogP contribution in [0.1, 0.15) is 11.1 Å². The topological polar surface area (TPSA) is 148 Å². The zero-order chi connectivity index (χ0) is 22.8. The lowest BCUT2D eigenvalue weighted by Crippen LogP contribution is -2.37. The molecule has 5 rings (SSSR count). The molecule has 0 amide bonds. The molecule has 1 unspecified atom stereocenters. The standard InChI is InChI=1S/C21H22N8O3S/c22-21-23-9-16(10-24-21)18-26-19(28-5-7-32-8-6-28)17-20(27-18)29(13-25-17)11-14-1-3-15(4-2-14)12-33(30)31/h1-4,9-10,13H,5-8,11-12H2,(H,30,31)(H2,22,23,24)/p-1. The van der Waals surface area contributed by atoms with Crippen LogP contribution in [-0.2, 0) is 28.1 Å². The Morgan fingerprint density at radius 1 is 1.03 bits per heavy atom. The van der Waals surface area contributed by atoms with Crippen molar-refractivity contribution in [3.05, 3.63) is 54.1 Å². The smallest absolute Gasteiger partial charge is 0.219 e. The minimum absolute atomic E-state index is 0.00254. The minimum atomic E-state index is -2.11. The summed E-state index contributed by atoms with van der Waals surface area (Å²) in [5.41, 5.74) is 9.42. The van der Waals surface area contributed by atoms with Crippen molar-refractivity contribution in [3.8, 4) is 11.4 Å². The summed E-state index contributed by atoms with van der Waals surface area (Å²) >= 11 is -2.11. The van der Waals surface area contributed by atoms with Crippen molar-refractivity contribution in [1.82, 2.24) is 29.5 Å². The first-order valence-corrected chi connectivity index (χ1v) is 11.6. The Morgan fingerprint density at radius 2 is 1.73 bits per heavy atom. The van der Waals surface area contributed by atoms with E-state index in [1.54, 1.807) is 18.7 Å². The van der Waals surface area contributed by atoms with Crippen LogP contribution in [0.15, 0.2) is 43.0 Å². The second-order valence-electron chi connectivity index (χ2n) is 7.61. The molecular weight excluding hydrogens is 444 g/mol. The summed E-state index contributed by atoms with van der Waals surface area (Å²) in [5, 5.41) is 0. The lowest BCUT2D eigenvalue weighted by molar-refractivity contribution is 0.122. The van der Waals surface area contributed by atoms with Gasteiger partial charge in [-0.25, -0.2) is 24.9 Å². The number of morpholine rings is 1. The molecule has 2 N–H and O–H groups in total. The number of nitrogens with two attached hydrogens (primary N) is 1. The SMILES string of the molecule is Nc1ncc(-c2nc(N3CCOCC3)c3ncn(Cc4ccc(CS(=O)[O-])cc4)c3n2)cn1. The van der Waals surface area contributed by atoms with Crippen LogP contribution in [0.2, 0.25) is 0 Å². The highest BCUT2D eigenvalue weighted by Gasteiger charge is 2.21. The monoisotopic (exact) mass is 465 g/mol. The lowest BCUT2D eigenvalue weighted by atomic mass is 10.1. The highest BCUT2D eigenvalue weighted by Crippen LogP contribution is 2.27. The van der Waals surface area contributed by atoms with Gasteiger partial charge in [-0.15, -0.1) is 0 Å². The van der Waals surface area contributed by atoms with Crippen molar-refractivity contribution in [2.45, 2.75) is 12.3 Å². The number of rotatable bonds is 6. The zero-order valence-corrected chi connectivity index (χ0v) is 18.4. The van der Waals surface area contributed by atoms with Crippen molar-refractivity contribution >= 4 is 34.0 Å². The summed E-state index contributed by atoms with van der Waals surface area (Å²) in [6.07, 6.45) is 4.95. The van der Waals surface area contributed by atoms with E-state index in [2.05, 4.69) is 19.9 Å². The highest BCUT2D eigenvalue weighted by atomic mass is 32.2. The first-order chi connectivity index (χ1) is 16.1. The van der Waals surface area contributed by atoms with Crippen LogP contribution in [0.4, 0.5) is 11.8 Å². The van der Waals surface area contributed by atoms with E-state index in [1.807, 2.05) is 28.8 Å². The van der Waals surface area contributed by atoms with Gasteiger partial charge in [-0.3, -0.25) is 4.21 Å².